The molecule has 2 unspecified atom stereocenters. The maximum absolute atomic E-state index is 13.5. The first-order valence-corrected chi connectivity index (χ1v) is 15.1. The summed E-state index contributed by atoms with van der Waals surface area (Å²) in [7, 11) is 3.42. The first-order chi connectivity index (χ1) is 21.0. The number of aromatic amines is 1. The van der Waals surface area contributed by atoms with E-state index in [-0.39, 0.29) is 11.2 Å². The molecule has 1 N–H and O–H groups in total. The van der Waals surface area contributed by atoms with Gasteiger partial charge in [0.15, 0.2) is 0 Å². The summed E-state index contributed by atoms with van der Waals surface area (Å²) < 4.78 is 35.6. The molecule has 2 atom stereocenters. The zero-order valence-corrected chi connectivity index (χ0v) is 25.4. The molecule has 2 aromatic carbocycles. The number of benzene rings is 2. The molecule has 43 heavy (non-hydrogen) atoms. The molecule has 3 aromatic rings. The van der Waals surface area contributed by atoms with Crippen LogP contribution in [-0.2, 0) is 15.9 Å². The van der Waals surface area contributed by atoms with E-state index in [9.17, 15) is 9.18 Å². The molecule has 0 radical (unpaired) electrons. The van der Waals surface area contributed by atoms with Crippen molar-refractivity contribution in [3.63, 3.8) is 0 Å². The van der Waals surface area contributed by atoms with Gasteiger partial charge in [0.05, 0.1) is 25.2 Å². The number of fused-ring (bicyclic) bond motifs is 3. The highest BCUT2D eigenvalue weighted by Crippen LogP contribution is 2.34. The van der Waals surface area contributed by atoms with Gasteiger partial charge in [0.1, 0.15) is 23.4 Å². The number of halogens is 2. The Morgan fingerprint density at radius 2 is 1.70 bits per heavy atom. The van der Waals surface area contributed by atoms with E-state index in [1.54, 1.807) is 19.1 Å². The van der Waals surface area contributed by atoms with Crippen molar-refractivity contribution in [3.05, 3.63) is 81.7 Å². The number of methoxy groups -OCH3 is 2. The number of hydrogen-bond donors (Lipinski definition) is 1. The minimum atomic E-state index is -0.496. The average Bonchev–Trinajstić information content (AvgIpc) is 3.39. The maximum Gasteiger partial charge on any atom is 0.416 e. The largest absolute Gasteiger partial charge is 0.494 e. The summed E-state index contributed by atoms with van der Waals surface area (Å²) in [6.07, 6.45) is 6.00. The number of amides is 1. The molecular formula is C33H39ClFN3O5. The lowest BCUT2D eigenvalue weighted by Gasteiger charge is -2.35. The molecule has 2 aliphatic rings. The highest BCUT2D eigenvalue weighted by molar-refractivity contribution is 6.24. The Hall–Kier alpha value is -3.37. The molecule has 1 aromatic heterocycles. The molecule has 230 valence electrons. The van der Waals surface area contributed by atoms with Gasteiger partial charge in [-0.05, 0) is 66.8 Å². The minimum Gasteiger partial charge on any atom is -0.494 e. The van der Waals surface area contributed by atoms with Gasteiger partial charge in [-0.2, -0.15) is 0 Å². The summed E-state index contributed by atoms with van der Waals surface area (Å²) in [4.78, 5) is 21.1. The Morgan fingerprint density at radius 1 is 1.00 bits per heavy atom. The fourth-order valence-corrected chi connectivity index (χ4v) is 5.87. The number of aromatic nitrogens is 1. The number of nitrogens with one attached hydrogen (secondary N) is 1. The fraction of sp³-hybridized carbons (Fsp3) is 0.424. The van der Waals surface area contributed by atoms with Gasteiger partial charge in [0, 0.05) is 56.7 Å². The van der Waals surface area contributed by atoms with Crippen LogP contribution < -0.4 is 20.0 Å². The van der Waals surface area contributed by atoms with Gasteiger partial charge < -0.3 is 23.9 Å². The topological polar surface area (TPSA) is 76.3 Å². The Balaban J connectivity index is 1.32. The standard InChI is InChI=1S/C33H39ClFN3O5/c1-40-20-17-37(18-21-41-2)15-3-19-42-26-9-4-23(5-10-26)32-31-28(29-22-24(34)6-13-30(29)36-31)14-16-38(32)33(39)43-27-11-7-25(35)8-12-27/h4-5,7-13,22,24,32,36H,3,6,14-21H2,1-2H3. The fourth-order valence-electron chi connectivity index (χ4n) is 5.65. The SMILES string of the molecule is COCCN(CCCOc1ccc(C2c3[nH]c4c(c3CCN2C(=O)Oc2ccc(F)cc2)=CC(Cl)CC=4)cc1)CCOC. The number of H-pyrrole nitrogens is 1. The highest BCUT2D eigenvalue weighted by atomic mass is 35.5. The van der Waals surface area contributed by atoms with Crippen LogP contribution in [0.15, 0.2) is 48.5 Å². The molecule has 1 aliphatic carbocycles. The highest BCUT2D eigenvalue weighted by Gasteiger charge is 2.35. The van der Waals surface area contributed by atoms with Crippen molar-refractivity contribution in [3.8, 4) is 11.5 Å². The van der Waals surface area contributed by atoms with E-state index in [0.717, 1.165) is 60.1 Å². The van der Waals surface area contributed by atoms with Crippen LogP contribution in [0.4, 0.5) is 9.18 Å². The number of rotatable bonds is 13. The van der Waals surface area contributed by atoms with E-state index in [2.05, 4.69) is 22.0 Å². The van der Waals surface area contributed by atoms with Crippen LogP contribution >= 0.6 is 11.6 Å². The van der Waals surface area contributed by atoms with Gasteiger partial charge in [-0.15, -0.1) is 11.6 Å². The number of carbonyl (C=O) groups excluding carboxylic acids is 1. The molecule has 1 amide bonds. The molecule has 0 spiro atoms. The van der Waals surface area contributed by atoms with Crippen molar-refractivity contribution in [1.29, 1.82) is 0 Å². The van der Waals surface area contributed by atoms with Crippen LogP contribution in [0.2, 0.25) is 0 Å². The summed E-state index contributed by atoms with van der Waals surface area (Å²) in [5.41, 5.74) is 3.04. The molecule has 0 fully saturated rings. The number of carbonyl (C=O) groups is 1. The first kappa shape index (κ1) is 31.1. The molecule has 0 saturated heterocycles. The van der Waals surface area contributed by atoms with E-state index in [0.29, 0.717) is 38.5 Å². The predicted molar refractivity (Wildman–Crippen MR) is 165 cm³/mol. The average molecular weight is 612 g/mol. The number of nitrogens with zero attached hydrogens (tertiary/aromatic N) is 2. The minimum absolute atomic E-state index is 0.0595. The van der Waals surface area contributed by atoms with Gasteiger partial charge in [-0.3, -0.25) is 9.80 Å². The third-order valence-electron chi connectivity index (χ3n) is 7.85. The number of ether oxygens (including phenoxy) is 4. The second-order valence-electron chi connectivity index (χ2n) is 10.7. The predicted octanol–water partition coefficient (Wildman–Crippen LogP) is 4.24. The summed E-state index contributed by atoms with van der Waals surface area (Å²) in [5.74, 6) is 0.664. The summed E-state index contributed by atoms with van der Waals surface area (Å²) >= 11 is 6.47. The van der Waals surface area contributed by atoms with Crippen LogP contribution in [0.3, 0.4) is 0 Å². The van der Waals surface area contributed by atoms with Crippen molar-refractivity contribution in [2.24, 2.45) is 0 Å². The molecule has 10 heteroatoms. The quantitative estimate of drug-likeness (QED) is 0.230. The second-order valence-corrected chi connectivity index (χ2v) is 11.3. The van der Waals surface area contributed by atoms with E-state index in [4.69, 9.17) is 30.5 Å². The smallest absolute Gasteiger partial charge is 0.416 e. The Bertz CT molecular complexity index is 1470. The lowest BCUT2D eigenvalue weighted by Crippen LogP contribution is -2.43. The normalized spacial score (nSPS) is 17.6. The summed E-state index contributed by atoms with van der Waals surface area (Å²) in [5, 5.41) is 2.09. The van der Waals surface area contributed by atoms with Crippen molar-refractivity contribution < 1.29 is 28.1 Å². The Morgan fingerprint density at radius 3 is 2.40 bits per heavy atom. The van der Waals surface area contributed by atoms with Gasteiger partial charge in [-0.25, -0.2) is 9.18 Å². The van der Waals surface area contributed by atoms with E-state index in [1.165, 1.54) is 29.8 Å². The summed E-state index contributed by atoms with van der Waals surface area (Å²) in [6, 6.07) is 12.9. The van der Waals surface area contributed by atoms with Gasteiger partial charge in [-0.1, -0.05) is 24.3 Å². The third-order valence-corrected chi connectivity index (χ3v) is 8.16. The molecule has 0 saturated carbocycles. The monoisotopic (exact) mass is 611 g/mol. The molecule has 1 aliphatic heterocycles. The van der Waals surface area contributed by atoms with Gasteiger partial charge >= 0.3 is 6.09 Å². The van der Waals surface area contributed by atoms with Gasteiger partial charge in [0.2, 0.25) is 0 Å². The van der Waals surface area contributed by atoms with Crippen molar-refractivity contribution in [1.82, 2.24) is 14.8 Å². The molecule has 2 heterocycles. The van der Waals surface area contributed by atoms with Crippen LogP contribution in [0.25, 0.3) is 12.2 Å². The van der Waals surface area contributed by atoms with E-state index in [1.807, 2.05) is 24.3 Å². The number of alkyl halides is 1. The molecule has 5 rings (SSSR count). The van der Waals surface area contributed by atoms with Crippen LogP contribution in [0.5, 0.6) is 11.5 Å². The van der Waals surface area contributed by atoms with Gasteiger partial charge in [0.25, 0.3) is 0 Å². The maximum atomic E-state index is 13.5. The first-order valence-electron chi connectivity index (χ1n) is 14.7. The zero-order chi connectivity index (χ0) is 30.2. The van der Waals surface area contributed by atoms with Crippen LogP contribution in [-0.4, -0.2) is 86.5 Å². The molecule has 0 bridgehead atoms. The Labute approximate surface area is 256 Å². The van der Waals surface area contributed by atoms with E-state index < -0.39 is 12.1 Å². The van der Waals surface area contributed by atoms with Crippen molar-refractivity contribution in [2.45, 2.75) is 30.7 Å². The second kappa shape index (κ2) is 14.9. The van der Waals surface area contributed by atoms with Crippen LogP contribution in [0.1, 0.15) is 35.7 Å². The van der Waals surface area contributed by atoms with Crippen LogP contribution in [0, 0.1) is 5.82 Å². The third kappa shape index (κ3) is 7.78. The van der Waals surface area contributed by atoms with Crippen molar-refractivity contribution >= 4 is 29.8 Å². The lowest BCUT2D eigenvalue weighted by molar-refractivity contribution is 0.110. The van der Waals surface area contributed by atoms with E-state index >= 15 is 0 Å². The number of hydrogen-bond acceptors (Lipinski definition) is 6. The van der Waals surface area contributed by atoms with Crippen molar-refractivity contribution in [2.75, 3.05) is 60.2 Å². The lowest BCUT2D eigenvalue weighted by atomic mass is 9.92. The molecular weight excluding hydrogens is 573 g/mol. The zero-order valence-electron chi connectivity index (χ0n) is 24.7. The molecule has 8 nitrogen and oxygen atoms in total. The summed E-state index contributed by atoms with van der Waals surface area (Å²) in [6.45, 7) is 4.97. The Kier molecular flexibility index (Phi) is 10.8.